The smallest absolute Gasteiger partial charge is 0.327 e. The Labute approximate surface area is 154 Å². The highest BCUT2D eigenvalue weighted by Gasteiger charge is 2.23. The standard InChI is InChI=1S/C18H21F2N5O2/c1-5-24-11(4)13(8-21-24)14-7-12(17(19)20)16-10(3)23-25(18(16)22-14)9-15(26)27-6-2/h7-8,17H,5-6,9H2,1-4H3. The largest absolute Gasteiger partial charge is 0.465 e. The van der Waals surface area contributed by atoms with Gasteiger partial charge in [-0.25, -0.2) is 18.4 Å². The number of hydrogen-bond acceptors (Lipinski definition) is 5. The van der Waals surface area contributed by atoms with Crippen LogP contribution in [-0.2, 0) is 22.6 Å². The van der Waals surface area contributed by atoms with Crippen molar-refractivity contribution in [2.45, 2.75) is 47.2 Å². The summed E-state index contributed by atoms with van der Waals surface area (Å²) in [6, 6.07) is 1.38. The summed E-state index contributed by atoms with van der Waals surface area (Å²) >= 11 is 0. The summed E-state index contributed by atoms with van der Waals surface area (Å²) < 4.78 is 35.5. The molecular weight excluding hydrogens is 356 g/mol. The molecule has 0 saturated heterocycles. The molecule has 0 aliphatic heterocycles. The fourth-order valence-electron chi connectivity index (χ4n) is 3.15. The average molecular weight is 377 g/mol. The van der Waals surface area contributed by atoms with Crippen LogP contribution in [0.25, 0.3) is 22.3 Å². The molecule has 0 aromatic carbocycles. The Kier molecular flexibility index (Phi) is 5.20. The van der Waals surface area contributed by atoms with Crippen molar-refractivity contribution >= 4 is 17.0 Å². The first-order valence-electron chi connectivity index (χ1n) is 8.71. The number of alkyl halides is 2. The highest BCUT2D eigenvalue weighted by molar-refractivity contribution is 5.86. The van der Waals surface area contributed by atoms with E-state index < -0.39 is 12.4 Å². The minimum absolute atomic E-state index is 0.161. The molecule has 0 N–H and O–H groups in total. The van der Waals surface area contributed by atoms with Crippen molar-refractivity contribution in [2.75, 3.05) is 6.61 Å². The Balaban J connectivity index is 2.21. The number of nitrogens with zero attached hydrogens (tertiary/aromatic N) is 5. The van der Waals surface area contributed by atoms with E-state index in [1.807, 2.05) is 13.8 Å². The van der Waals surface area contributed by atoms with E-state index in [0.717, 1.165) is 5.69 Å². The van der Waals surface area contributed by atoms with E-state index >= 15 is 0 Å². The minimum Gasteiger partial charge on any atom is -0.465 e. The number of pyridine rings is 1. The summed E-state index contributed by atoms with van der Waals surface area (Å²) in [5.41, 5.74) is 2.34. The molecule has 0 saturated carbocycles. The van der Waals surface area contributed by atoms with Gasteiger partial charge in [0.25, 0.3) is 6.43 Å². The van der Waals surface area contributed by atoms with Crippen molar-refractivity contribution in [1.29, 1.82) is 0 Å². The third-order valence-corrected chi connectivity index (χ3v) is 4.41. The first-order valence-corrected chi connectivity index (χ1v) is 8.71. The van der Waals surface area contributed by atoms with Crippen LogP contribution >= 0.6 is 0 Å². The van der Waals surface area contributed by atoms with Crippen LogP contribution < -0.4 is 0 Å². The second-order valence-corrected chi connectivity index (χ2v) is 6.10. The topological polar surface area (TPSA) is 74.8 Å². The van der Waals surface area contributed by atoms with Crippen molar-refractivity contribution < 1.29 is 18.3 Å². The fourth-order valence-corrected chi connectivity index (χ4v) is 3.15. The van der Waals surface area contributed by atoms with Crippen LogP contribution in [0.2, 0.25) is 0 Å². The van der Waals surface area contributed by atoms with E-state index in [-0.39, 0.29) is 29.7 Å². The molecule has 0 radical (unpaired) electrons. The van der Waals surface area contributed by atoms with E-state index in [0.29, 0.717) is 23.5 Å². The summed E-state index contributed by atoms with van der Waals surface area (Å²) in [4.78, 5) is 16.4. The highest BCUT2D eigenvalue weighted by atomic mass is 19.3. The summed E-state index contributed by atoms with van der Waals surface area (Å²) in [6.45, 7) is 7.83. The number of aromatic nitrogens is 5. The van der Waals surface area contributed by atoms with Crippen LogP contribution in [0, 0.1) is 13.8 Å². The fraction of sp³-hybridized carbons (Fsp3) is 0.444. The van der Waals surface area contributed by atoms with Crippen molar-refractivity contribution in [3.05, 3.63) is 29.2 Å². The number of rotatable bonds is 6. The molecule has 0 amide bonds. The summed E-state index contributed by atoms with van der Waals surface area (Å²) in [6.07, 6.45) is -1.09. The number of aryl methyl sites for hydroxylation is 2. The average Bonchev–Trinajstić information content (AvgIpc) is 3.14. The normalized spacial score (nSPS) is 11.5. The van der Waals surface area contributed by atoms with Crippen LogP contribution in [0.5, 0.6) is 0 Å². The molecule has 0 atom stereocenters. The van der Waals surface area contributed by atoms with E-state index in [1.54, 1.807) is 24.7 Å². The lowest BCUT2D eigenvalue weighted by atomic mass is 10.1. The van der Waals surface area contributed by atoms with Gasteiger partial charge in [-0.3, -0.25) is 9.48 Å². The molecule has 0 spiro atoms. The summed E-state index contributed by atoms with van der Waals surface area (Å²) in [5.74, 6) is -0.498. The van der Waals surface area contributed by atoms with E-state index in [2.05, 4.69) is 15.2 Å². The van der Waals surface area contributed by atoms with Gasteiger partial charge in [0.05, 0.1) is 29.6 Å². The lowest BCUT2D eigenvalue weighted by Crippen LogP contribution is -2.15. The van der Waals surface area contributed by atoms with Crippen LogP contribution in [0.1, 0.15) is 37.2 Å². The lowest BCUT2D eigenvalue weighted by molar-refractivity contribution is -0.143. The molecule has 0 fully saturated rings. The maximum atomic E-state index is 13.8. The van der Waals surface area contributed by atoms with Gasteiger partial charge >= 0.3 is 5.97 Å². The maximum absolute atomic E-state index is 13.8. The molecule has 0 bridgehead atoms. The van der Waals surface area contributed by atoms with Gasteiger partial charge in [0, 0.05) is 23.4 Å². The molecule has 3 aromatic rings. The number of carbonyl (C=O) groups excluding carboxylic acids is 1. The lowest BCUT2D eigenvalue weighted by Gasteiger charge is -2.09. The molecule has 9 heteroatoms. The molecule has 3 rings (SSSR count). The predicted octanol–water partition coefficient (Wildman–Crippen LogP) is 3.43. The zero-order valence-corrected chi connectivity index (χ0v) is 15.7. The quantitative estimate of drug-likeness (QED) is 0.615. The third kappa shape index (κ3) is 3.41. The molecule has 3 aromatic heterocycles. The van der Waals surface area contributed by atoms with Crippen molar-refractivity contribution in [3.63, 3.8) is 0 Å². The van der Waals surface area contributed by atoms with Crippen LogP contribution in [0.3, 0.4) is 0 Å². The molecule has 0 unspecified atom stereocenters. The first-order chi connectivity index (χ1) is 12.9. The zero-order chi connectivity index (χ0) is 19.7. The van der Waals surface area contributed by atoms with Crippen molar-refractivity contribution in [3.8, 4) is 11.3 Å². The third-order valence-electron chi connectivity index (χ3n) is 4.41. The van der Waals surface area contributed by atoms with Gasteiger partial charge in [-0.05, 0) is 33.8 Å². The molecule has 0 aliphatic rings. The predicted molar refractivity (Wildman–Crippen MR) is 95.5 cm³/mol. The Morgan fingerprint density at radius 3 is 2.59 bits per heavy atom. The van der Waals surface area contributed by atoms with Crippen molar-refractivity contribution in [1.82, 2.24) is 24.5 Å². The molecular formula is C18H21F2N5O2. The molecule has 3 heterocycles. The number of fused-ring (bicyclic) bond motifs is 1. The molecule has 144 valence electrons. The van der Waals surface area contributed by atoms with Crippen LogP contribution in [0.4, 0.5) is 8.78 Å². The van der Waals surface area contributed by atoms with Gasteiger partial charge in [-0.2, -0.15) is 10.2 Å². The number of ether oxygens (including phenoxy) is 1. The number of esters is 1. The summed E-state index contributed by atoms with van der Waals surface area (Å²) in [7, 11) is 0. The second kappa shape index (κ2) is 7.42. The van der Waals surface area contributed by atoms with Gasteiger partial charge in [0.1, 0.15) is 6.54 Å². The molecule has 0 aliphatic carbocycles. The Morgan fingerprint density at radius 2 is 2.00 bits per heavy atom. The van der Waals surface area contributed by atoms with Gasteiger partial charge in [0.2, 0.25) is 0 Å². The minimum atomic E-state index is -2.70. The van der Waals surface area contributed by atoms with E-state index in [1.165, 1.54) is 10.7 Å². The molecule has 27 heavy (non-hydrogen) atoms. The highest BCUT2D eigenvalue weighted by Crippen LogP contribution is 2.33. The Hall–Kier alpha value is -2.84. The maximum Gasteiger partial charge on any atom is 0.327 e. The SMILES string of the molecule is CCOC(=O)Cn1nc(C)c2c(C(F)F)cc(-c3cnn(CC)c3C)nc21. The van der Waals surface area contributed by atoms with Crippen LogP contribution in [-0.4, -0.2) is 37.1 Å². The number of carbonyl (C=O) groups is 1. The first kappa shape index (κ1) is 18.9. The second-order valence-electron chi connectivity index (χ2n) is 6.10. The summed E-state index contributed by atoms with van der Waals surface area (Å²) in [5, 5.41) is 8.75. The van der Waals surface area contributed by atoms with Gasteiger partial charge in [-0.15, -0.1) is 0 Å². The molecule has 7 nitrogen and oxygen atoms in total. The number of halogens is 2. The Bertz CT molecular complexity index is 993. The van der Waals surface area contributed by atoms with Gasteiger partial charge < -0.3 is 4.74 Å². The van der Waals surface area contributed by atoms with Gasteiger partial charge in [0.15, 0.2) is 5.65 Å². The number of hydrogen-bond donors (Lipinski definition) is 0. The van der Waals surface area contributed by atoms with Crippen LogP contribution in [0.15, 0.2) is 12.3 Å². The monoisotopic (exact) mass is 377 g/mol. The van der Waals surface area contributed by atoms with E-state index in [9.17, 15) is 13.6 Å². The van der Waals surface area contributed by atoms with Crippen molar-refractivity contribution in [2.24, 2.45) is 0 Å². The van der Waals surface area contributed by atoms with Gasteiger partial charge in [-0.1, -0.05) is 0 Å². The zero-order valence-electron chi connectivity index (χ0n) is 15.7. The van der Waals surface area contributed by atoms with E-state index in [4.69, 9.17) is 4.74 Å². The Morgan fingerprint density at radius 1 is 1.26 bits per heavy atom.